The molecule has 0 radical (unpaired) electrons. The van der Waals surface area contributed by atoms with Crippen LogP contribution in [0.3, 0.4) is 0 Å². The summed E-state index contributed by atoms with van der Waals surface area (Å²) in [6, 6.07) is 6.39. The Hall–Kier alpha value is -1.67. The highest BCUT2D eigenvalue weighted by molar-refractivity contribution is 8.02. The molecule has 30 heavy (non-hydrogen) atoms. The highest BCUT2D eigenvalue weighted by Crippen LogP contribution is 2.55. The molecule has 1 atom stereocenters. The first-order valence-corrected chi connectivity index (χ1v) is 12.5. The van der Waals surface area contributed by atoms with E-state index in [2.05, 4.69) is 20.8 Å². The maximum Gasteiger partial charge on any atom is 0.233 e. The predicted molar refractivity (Wildman–Crippen MR) is 118 cm³/mol. The first kappa shape index (κ1) is 20.2. The lowest BCUT2D eigenvalue weighted by atomic mass is 9.53. The molecule has 2 N–H and O–H groups in total. The molecule has 2 aromatic rings. The third-order valence-corrected chi connectivity index (χ3v) is 8.90. The summed E-state index contributed by atoms with van der Waals surface area (Å²) in [4.78, 5) is 13.0. The lowest BCUT2D eigenvalue weighted by Gasteiger charge is -2.57. The van der Waals surface area contributed by atoms with Crippen molar-refractivity contribution in [3.05, 3.63) is 35.6 Å². The van der Waals surface area contributed by atoms with E-state index in [0.717, 1.165) is 27.7 Å². The van der Waals surface area contributed by atoms with Gasteiger partial charge in [-0.05, 0) is 80.9 Å². The van der Waals surface area contributed by atoms with Gasteiger partial charge in [-0.25, -0.2) is 4.39 Å². The SMILES string of the molecule is CC(Sc1nnc(NCc2ccc(F)cc2)s1)C(=O)NC12CC3CC(CC(C3)C1)C2. The molecular formula is C22H27FN4OS2. The topological polar surface area (TPSA) is 66.9 Å². The molecule has 1 amide bonds. The first-order chi connectivity index (χ1) is 14.5. The van der Waals surface area contributed by atoms with Gasteiger partial charge in [0.05, 0.1) is 5.25 Å². The highest BCUT2D eigenvalue weighted by atomic mass is 32.2. The third-order valence-electron chi connectivity index (χ3n) is 6.84. The molecule has 4 aliphatic carbocycles. The Morgan fingerprint density at radius 2 is 1.80 bits per heavy atom. The number of carbonyl (C=O) groups is 1. The molecular weight excluding hydrogens is 419 g/mol. The fourth-order valence-electron chi connectivity index (χ4n) is 5.94. The van der Waals surface area contributed by atoms with Crippen molar-refractivity contribution in [3.8, 4) is 0 Å². The van der Waals surface area contributed by atoms with Crippen LogP contribution in [0, 0.1) is 23.6 Å². The number of aromatic nitrogens is 2. The Balaban J connectivity index is 1.14. The van der Waals surface area contributed by atoms with Crippen molar-refractivity contribution in [1.29, 1.82) is 0 Å². The second-order valence-electron chi connectivity index (χ2n) is 9.30. The second kappa shape index (κ2) is 8.11. The number of rotatable bonds is 7. The van der Waals surface area contributed by atoms with Gasteiger partial charge < -0.3 is 10.6 Å². The molecule has 1 heterocycles. The van der Waals surface area contributed by atoms with Crippen LogP contribution in [0.25, 0.3) is 0 Å². The zero-order valence-corrected chi connectivity index (χ0v) is 18.7. The van der Waals surface area contributed by atoms with Crippen LogP contribution >= 0.6 is 23.1 Å². The summed E-state index contributed by atoms with van der Waals surface area (Å²) in [5, 5.41) is 15.6. The molecule has 5 nitrogen and oxygen atoms in total. The van der Waals surface area contributed by atoms with Gasteiger partial charge in [-0.15, -0.1) is 10.2 Å². The van der Waals surface area contributed by atoms with E-state index in [1.165, 1.54) is 73.8 Å². The minimum Gasteiger partial charge on any atom is -0.356 e. The van der Waals surface area contributed by atoms with Gasteiger partial charge in [0, 0.05) is 12.1 Å². The molecule has 1 aromatic heterocycles. The van der Waals surface area contributed by atoms with Crippen molar-refractivity contribution in [1.82, 2.24) is 15.5 Å². The molecule has 1 unspecified atom stereocenters. The molecule has 4 fully saturated rings. The number of hydrogen-bond acceptors (Lipinski definition) is 6. The molecule has 0 aliphatic heterocycles. The Morgan fingerprint density at radius 1 is 1.17 bits per heavy atom. The van der Waals surface area contributed by atoms with Crippen LogP contribution in [-0.4, -0.2) is 26.9 Å². The van der Waals surface area contributed by atoms with Gasteiger partial charge in [-0.2, -0.15) is 0 Å². The van der Waals surface area contributed by atoms with E-state index in [4.69, 9.17) is 0 Å². The highest BCUT2D eigenvalue weighted by Gasteiger charge is 2.51. The van der Waals surface area contributed by atoms with E-state index in [1.807, 2.05) is 6.92 Å². The number of nitrogens with zero attached hydrogens (tertiary/aromatic N) is 2. The van der Waals surface area contributed by atoms with E-state index < -0.39 is 0 Å². The number of halogens is 1. The van der Waals surface area contributed by atoms with E-state index >= 15 is 0 Å². The summed E-state index contributed by atoms with van der Waals surface area (Å²) in [6.07, 6.45) is 7.61. The number of carbonyl (C=O) groups excluding carboxylic acids is 1. The lowest BCUT2D eigenvalue weighted by Crippen LogP contribution is -2.60. The van der Waals surface area contributed by atoms with Crippen molar-refractivity contribution in [3.63, 3.8) is 0 Å². The molecule has 0 spiro atoms. The Kier molecular flexibility index (Phi) is 5.47. The van der Waals surface area contributed by atoms with Crippen molar-refractivity contribution >= 4 is 34.1 Å². The molecule has 4 aliphatic rings. The van der Waals surface area contributed by atoms with Gasteiger partial charge in [0.2, 0.25) is 11.0 Å². The van der Waals surface area contributed by atoms with Gasteiger partial charge in [-0.3, -0.25) is 4.79 Å². The minimum atomic E-state index is -0.242. The summed E-state index contributed by atoms with van der Waals surface area (Å²) in [5.41, 5.74) is 1.02. The number of anilines is 1. The number of thioether (sulfide) groups is 1. The minimum absolute atomic E-state index is 0.0453. The first-order valence-electron chi connectivity index (χ1n) is 10.8. The molecule has 6 rings (SSSR count). The quantitative estimate of drug-likeness (QED) is 0.595. The predicted octanol–water partition coefficient (Wildman–Crippen LogP) is 4.85. The van der Waals surface area contributed by atoms with Gasteiger partial charge in [0.1, 0.15) is 5.82 Å². The van der Waals surface area contributed by atoms with E-state index in [-0.39, 0.29) is 22.5 Å². The van der Waals surface area contributed by atoms with Crippen molar-refractivity contribution in [2.75, 3.05) is 5.32 Å². The van der Waals surface area contributed by atoms with Gasteiger partial charge in [-0.1, -0.05) is 35.2 Å². The third kappa shape index (κ3) is 4.35. The molecule has 0 saturated heterocycles. The zero-order chi connectivity index (χ0) is 20.7. The number of amides is 1. The van der Waals surface area contributed by atoms with Gasteiger partial charge >= 0.3 is 0 Å². The number of benzene rings is 1. The van der Waals surface area contributed by atoms with Crippen LogP contribution in [0.4, 0.5) is 9.52 Å². The second-order valence-corrected chi connectivity index (χ2v) is 11.9. The Bertz CT molecular complexity index is 881. The van der Waals surface area contributed by atoms with E-state index in [0.29, 0.717) is 11.7 Å². The maximum atomic E-state index is 13.0. The normalized spacial score (nSPS) is 30.3. The van der Waals surface area contributed by atoms with Crippen LogP contribution < -0.4 is 10.6 Å². The largest absolute Gasteiger partial charge is 0.356 e. The fraction of sp³-hybridized carbons (Fsp3) is 0.591. The summed E-state index contributed by atoms with van der Waals surface area (Å²) < 4.78 is 13.8. The monoisotopic (exact) mass is 446 g/mol. The Morgan fingerprint density at radius 3 is 2.43 bits per heavy atom. The van der Waals surface area contributed by atoms with Crippen LogP contribution in [0.2, 0.25) is 0 Å². The molecule has 160 valence electrons. The average Bonchev–Trinajstić information content (AvgIpc) is 3.13. The van der Waals surface area contributed by atoms with E-state index in [9.17, 15) is 9.18 Å². The number of hydrogen-bond donors (Lipinski definition) is 2. The average molecular weight is 447 g/mol. The van der Waals surface area contributed by atoms with Gasteiger partial charge in [0.15, 0.2) is 4.34 Å². The fourth-order valence-corrected chi connectivity index (χ4v) is 7.83. The summed E-state index contributed by atoms with van der Waals surface area (Å²) in [5.74, 6) is 2.33. The van der Waals surface area contributed by atoms with Crippen LogP contribution in [0.15, 0.2) is 28.6 Å². The summed E-state index contributed by atoms with van der Waals surface area (Å²) >= 11 is 2.91. The Labute approximate surface area is 184 Å². The van der Waals surface area contributed by atoms with Crippen molar-refractivity contribution in [2.45, 2.75) is 67.1 Å². The van der Waals surface area contributed by atoms with Crippen molar-refractivity contribution < 1.29 is 9.18 Å². The van der Waals surface area contributed by atoms with Crippen LogP contribution in [0.1, 0.15) is 51.0 Å². The van der Waals surface area contributed by atoms with Crippen LogP contribution in [-0.2, 0) is 11.3 Å². The summed E-state index contributed by atoms with van der Waals surface area (Å²) in [6.45, 7) is 2.51. The van der Waals surface area contributed by atoms with E-state index in [1.54, 1.807) is 12.1 Å². The number of nitrogens with one attached hydrogen (secondary N) is 2. The zero-order valence-electron chi connectivity index (χ0n) is 17.1. The molecule has 8 heteroatoms. The molecule has 1 aromatic carbocycles. The van der Waals surface area contributed by atoms with Gasteiger partial charge in [0.25, 0.3) is 0 Å². The van der Waals surface area contributed by atoms with Crippen LogP contribution in [0.5, 0.6) is 0 Å². The van der Waals surface area contributed by atoms with Crippen molar-refractivity contribution in [2.24, 2.45) is 17.8 Å². The summed E-state index contributed by atoms with van der Waals surface area (Å²) in [7, 11) is 0. The smallest absolute Gasteiger partial charge is 0.233 e. The molecule has 4 saturated carbocycles. The standard InChI is InChI=1S/C22H27FN4OS2/c1-13(19(28)25-22-9-15-6-16(10-22)8-17(7-15)11-22)29-21-27-26-20(30-21)24-12-14-2-4-18(23)5-3-14/h2-5,13,15-17H,6-12H2,1H3,(H,24,26)(H,25,28). The maximum absolute atomic E-state index is 13.0. The molecule has 4 bridgehead atoms. The lowest BCUT2D eigenvalue weighted by molar-refractivity contribution is -0.126.